The number of ether oxygens (including phenoxy) is 2. The van der Waals surface area contributed by atoms with Crippen molar-refractivity contribution in [2.45, 2.75) is 66.2 Å². The van der Waals surface area contributed by atoms with Gasteiger partial charge in [0, 0.05) is 12.1 Å². The van der Waals surface area contributed by atoms with E-state index >= 15 is 0 Å². The van der Waals surface area contributed by atoms with Gasteiger partial charge in [0.25, 0.3) is 5.91 Å². The minimum atomic E-state index is -0.685. The summed E-state index contributed by atoms with van der Waals surface area (Å²) in [6.45, 7) is 9.63. The zero-order valence-electron chi connectivity index (χ0n) is 22.5. The number of hydrogen-bond donors (Lipinski definition) is 1. The van der Waals surface area contributed by atoms with Crippen LogP contribution in [0.25, 0.3) is 0 Å². The van der Waals surface area contributed by atoms with Crippen molar-refractivity contribution < 1.29 is 24.2 Å². The van der Waals surface area contributed by atoms with Gasteiger partial charge in [-0.3, -0.25) is 4.79 Å². The van der Waals surface area contributed by atoms with Crippen LogP contribution in [0.4, 0.5) is 0 Å². The maximum atomic E-state index is 13.7. The largest absolute Gasteiger partial charge is 0.496 e. The standard InChI is InChI=1S/C29H36N2O5S/c1-19-15-22(16-23(35-6)20(19)2)27(33)31(14-10-13-21-11-8-7-9-12-21)17-25-30-26(24(18-32)37-25)28(34)36-29(3,4)5/h7-9,11-12,15-16,32H,10,13-14,17-18H2,1-6H3. The Kier molecular flexibility index (Phi) is 9.45. The molecule has 0 saturated heterocycles. The van der Waals surface area contributed by atoms with Gasteiger partial charge >= 0.3 is 5.97 Å². The van der Waals surface area contributed by atoms with Crippen LogP contribution >= 0.6 is 11.3 Å². The zero-order chi connectivity index (χ0) is 27.2. The van der Waals surface area contributed by atoms with Crippen LogP contribution in [-0.4, -0.2) is 46.1 Å². The third kappa shape index (κ3) is 7.63. The van der Waals surface area contributed by atoms with Crippen molar-refractivity contribution >= 4 is 23.2 Å². The number of carbonyl (C=O) groups is 2. The Balaban J connectivity index is 1.88. The summed E-state index contributed by atoms with van der Waals surface area (Å²) in [5.41, 5.74) is 3.11. The lowest BCUT2D eigenvalue weighted by Gasteiger charge is -2.23. The lowest BCUT2D eigenvalue weighted by molar-refractivity contribution is 0.00605. The van der Waals surface area contributed by atoms with Gasteiger partial charge in [-0.1, -0.05) is 30.3 Å². The molecule has 8 heteroatoms. The molecule has 0 fully saturated rings. The van der Waals surface area contributed by atoms with Crippen molar-refractivity contribution in [3.05, 3.63) is 80.3 Å². The molecule has 0 aliphatic rings. The molecule has 2 aromatic carbocycles. The summed E-state index contributed by atoms with van der Waals surface area (Å²) in [5, 5.41) is 10.4. The molecule has 0 aliphatic carbocycles. The first-order chi connectivity index (χ1) is 17.5. The van der Waals surface area contributed by atoms with E-state index in [9.17, 15) is 14.7 Å². The first-order valence-electron chi connectivity index (χ1n) is 12.3. The van der Waals surface area contributed by atoms with Gasteiger partial charge in [0.05, 0.1) is 25.1 Å². The van der Waals surface area contributed by atoms with E-state index in [1.165, 1.54) is 16.9 Å². The topological polar surface area (TPSA) is 89.0 Å². The fourth-order valence-electron chi connectivity index (χ4n) is 3.94. The molecule has 7 nitrogen and oxygen atoms in total. The predicted molar refractivity (Wildman–Crippen MR) is 145 cm³/mol. The summed E-state index contributed by atoms with van der Waals surface area (Å²) in [5.74, 6) is -0.0643. The lowest BCUT2D eigenvalue weighted by Crippen LogP contribution is -2.32. The van der Waals surface area contributed by atoms with Gasteiger partial charge in [0.15, 0.2) is 5.69 Å². The molecule has 0 aliphatic heterocycles. The molecule has 1 heterocycles. The molecule has 3 rings (SSSR count). The molecular weight excluding hydrogens is 488 g/mol. The summed E-state index contributed by atoms with van der Waals surface area (Å²) in [4.78, 5) is 33.0. The molecule has 0 radical (unpaired) electrons. The van der Waals surface area contributed by atoms with Crippen molar-refractivity contribution in [3.8, 4) is 5.75 Å². The molecule has 1 aromatic heterocycles. The number of thiazole rings is 1. The SMILES string of the molecule is COc1cc(C(=O)N(CCCc2ccccc2)Cc2nc(C(=O)OC(C)(C)C)c(CO)s2)cc(C)c1C. The molecule has 1 amide bonds. The van der Waals surface area contributed by atoms with Crippen molar-refractivity contribution in [3.63, 3.8) is 0 Å². The van der Waals surface area contributed by atoms with Gasteiger partial charge < -0.3 is 19.5 Å². The molecule has 0 atom stereocenters. The molecule has 3 aromatic rings. The first-order valence-corrected chi connectivity index (χ1v) is 13.1. The summed E-state index contributed by atoms with van der Waals surface area (Å²) in [6.07, 6.45) is 1.58. The number of carbonyl (C=O) groups excluding carboxylic acids is 2. The van der Waals surface area contributed by atoms with E-state index in [-0.39, 0.29) is 24.8 Å². The Morgan fingerprint density at radius 3 is 2.43 bits per heavy atom. The average molecular weight is 525 g/mol. The lowest BCUT2D eigenvalue weighted by atomic mass is 10.0. The van der Waals surface area contributed by atoms with E-state index in [1.807, 2.05) is 38.1 Å². The number of methoxy groups -OCH3 is 1. The van der Waals surface area contributed by atoms with Gasteiger partial charge in [0.1, 0.15) is 16.4 Å². The fraction of sp³-hybridized carbons (Fsp3) is 0.414. The maximum absolute atomic E-state index is 13.7. The molecular formula is C29H36N2O5S. The Hall–Kier alpha value is -3.23. The van der Waals surface area contributed by atoms with Crippen molar-refractivity contribution in [2.24, 2.45) is 0 Å². The quantitative estimate of drug-likeness (QED) is 0.353. The smallest absolute Gasteiger partial charge is 0.358 e. The van der Waals surface area contributed by atoms with Crippen LogP contribution in [-0.2, 0) is 24.3 Å². The monoisotopic (exact) mass is 524 g/mol. The average Bonchev–Trinajstić information content (AvgIpc) is 3.27. The fourth-order valence-corrected chi connectivity index (χ4v) is 4.87. The van der Waals surface area contributed by atoms with Crippen molar-refractivity contribution in [2.75, 3.05) is 13.7 Å². The Labute approximate surface area is 223 Å². The number of aliphatic hydroxyl groups excluding tert-OH is 1. The highest BCUT2D eigenvalue weighted by molar-refractivity contribution is 7.11. The molecule has 37 heavy (non-hydrogen) atoms. The van der Waals surface area contributed by atoms with E-state index in [4.69, 9.17) is 9.47 Å². The summed E-state index contributed by atoms with van der Waals surface area (Å²) in [7, 11) is 1.60. The van der Waals surface area contributed by atoms with Crippen LogP contribution in [0.3, 0.4) is 0 Å². The van der Waals surface area contributed by atoms with Crippen LogP contribution < -0.4 is 4.74 Å². The van der Waals surface area contributed by atoms with Crippen LogP contribution in [0.1, 0.15) is 74.6 Å². The number of aromatic nitrogens is 1. The second kappa shape index (κ2) is 12.3. The van der Waals surface area contributed by atoms with Crippen molar-refractivity contribution in [1.82, 2.24) is 9.88 Å². The molecule has 0 unspecified atom stereocenters. The van der Waals surface area contributed by atoms with E-state index in [2.05, 4.69) is 17.1 Å². The van der Waals surface area contributed by atoms with Gasteiger partial charge in [-0.05, 0) is 76.3 Å². The zero-order valence-corrected chi connectivity index (χ0v) is 23.3. The molecule has 0 saturated carbocycles. The van der Waals surface area contributed by atoms with Gasteiger partial charge in [0.2, 0.25) is 0 Å². The minimum absolute atomic E-state index is 0.0990. The number of benzene rings is 2. The highest BCUT2D eigenvalue weighted by atomic mass is 32.1. The van der Waals surface area contributed by atoms with Crippen molar-refractivity contribution in [1.29, 1.82) is 0 Å². The number of aryl methyl sites for hydroxylation is 2. The summed E-state index contributed by atoms with van der Waals surface area (Å²) >= 11 is 1.22. The third-order valence-corrected chi connectivity index (χ3v) is 6.94. The first kappa shape index (κ1) is 28.3. The Morgan fingerprint density at radius 1 is 1.11 bits per heavy atom. The number of esters is 1. The maximum Gasteiger partial charge on any atom is 0.358 e. The number of hydrogen-bond acceptors (Lipinski definition) is 7. The van der Waals surface area contributed by atoms with Crippen LogP contribution in [0.15, 0.2) is 42.5 Å². The second-order valence-electron chi connectivity index (χ2n) is 9.98. The number of amides is 1. The Bertz CT molecular complexity index is 1230. The number of rotatable bonds is 10. The van der Waals surface area contributed by atoms with E-state index in [0.717, 1.165) is 24.0 Å². The van der Waals surface area contributed by atoms with Gasteiger partial charge in [-0.2, -0.15) is 0 Å². The third-order valence-electron chi connectivity index (χ3n) is 5.91. The summed E-state index contributed by atoms with van der Waals surface area (Å²) < 4.78 is 11.0. The van der Waals surface area contributed by atoms with Crippen LogP contribution in [0.2, 0.25) is 0 Å². The minimum Gasteiger partial charge on any atom is -0.496 e. The van der Waals surface area contributed by atoms with Gasteiger partial charge in [-0.15, -0.1) is 11.3 Å². The van der Waals surface area contributed by atoms with Crippen LogP contribution in [0, 0.1) is 13.8 Å². The summed E-state index contributed by atoms with van der Waals surface area (Å²) in [6, 6.07) is 13.8. The molecule has 1 N–H and O–H groups in total. The number of aliphatic hydroxyl groups is 1. The Morgan fingerprint density at radius 2 is 1.81 bits per heavy atom. The van der Waals surface area contributed by atoms with E-state index in [0.29, 0.717) is 27.7 Å². The van der Waals surface area contributed by atoms with Gasteiger partial charge in [-0.25, -0.2) is 9.78 Å². The highest BCUT2D eigenvalue weighted by Crippen LogP contribution is 2.27. The highest BCUT2D eigenvalue weighted by Gasteiger charge is 2.26. The normalized spacial score (nSPS) is 11.3. The van der Waals surface area contributed by atoms with E-state index in [1.54, 1.807) is 38.8 Å². The number of nitrogens with zero attached hydrogens (tertiary/aromatic N) is 2. The second-order valence-corrected chi connectivity index (χ2v) is 11.1. The van der Waals surface area contributed by atoms with Crippen LogP contribution in [0.5, 0.6) is 5.75 Å². The molecule has 0 spiro atoms. The van der Waals surface area contributed by atoms with E-state index < -0.39 is 11.6 Å². The predicted octanol–water partition coefficient (Wildman–Crippen LogP) is 5.49. The molecule has 198 valence electrons. The molecule has 0 bridgehead atoms.